The van der Waals surface area contributed by atoms with Crippen molar-refractivity contribution in [2.75, 3.05) is 18.5 Å². The molecule has 0 saturated carbocycles. The number of carbonyl (C=O) groups is 1. The molecule has 18 heavy (non-hydrogen) atoms. The van der Waals surface area contributed by atoms with Crippen LogP contribution >= 0.6 is 11.6 Å². The van der Waals surface area contributed by atoms with E-state index in [1.54, 1.807) is 6.92 Å². The Morgan fingerprint density at radius 1 is 1.44 bits per heavy atom. The predicted molar refractivity (Wildman–Crippen MR) is 71.1 cm³/mol. The van der Waals surface area contributed by atoms with Crippen molar-refractivity contribution in [1.82, 2.24) is 9.97 Å². The first-order valence-electron chi connectivity index (χ1n) is 5.73. The first-order valence-corrected chi connectivity index (χ1v) is 6.11. The molecule has 0 aromatic carbocycles. The molecular formula is C12H18ClN3O2. The minimum atomic E-state index is -0.0970. The Balaban J connectivity index is 2.87. The third-order valence-electron chi connectivity index (χ3n) is 2.65. The lowest BCUT2D eigenvalue weighted by Crippen LogP contribution is -2.25. The van der Waals surface area contributed by atoms with Gasteiger partial charge in [0.2, 0.25) is 0 Å². The van der Waals surface area contributed by atoms with Crippen LogP contribution in [0.15, 0.2) is 0 Å². The van der Waals surface area contributed by atoms with Crippen molar-refractivity contribution in [3.63, 3.8) is 0 Å². The van der Waals surface area contributed by atoms with Crippen LogP contribution in [-0.4, -0.2) is 34.5 Å². The number of aliphatic hydroxyl groups excluding tert-OH is 1. The van der Waals surface area contributed by atoms with Gasteiger partial charge in [-0.25, -0.2) is 9.97 Å². The van der Waals surface area contributed by atoms with E-state index in [1.807, 2.05) is 13.8 Å². The van der Waals surface area contributed by atoms with Crippen LogP contribution in [0, 0.1) is 12.3 Å². The number of aliphatic hydroxyl groups is 1. The number of aldehydes is 1. The highest BCUT2D eigenvalue weighted by Gasteiger charge is 2.19. The van der Waals surface area contributed by atoms with Crippen molar-refractivity contribution in [2.24, 2.45) is 5.41 Å². The highest BCUT2D eigenvalue weighted by Crippen LogP contribution is 2.23. The van der Waals surface area contributed by atoms with E-state index in [9.17, 15) is 4.79 Å². The Kier molecular flexibility index (Phi) is 5.04. The van der Waals surface area contributed by atoms with E-state index in [0.29, 0.717) is 30.9 Å². The van der Waals surface area contributed by atoms with Gasteiger partial charge in [-0.3, -0.25) is 4.79 Å². The Labute approximate surface area is 112 Å². The number of aryl methyl sites for hydroxylation is 1. The molecule has 100 valence electrons. The lowest BCUT2D eigenvalue weighted by molar-refractivity contribution is 0.112. The number of hydrogen-bond acceptors (Lipinski definition) is 5. The van der Waals surface area contributed by atoms with Crippen molar-refractivity contribution in [1.29, 1.82) is 0 Å². The Hall–Kier alpha value is -1.20. The van der Waals surface area contributed by atoms with E-state index in [1.165, 1.54) is 0 Å². The fraction of sp³-hybridized carbons (Fsp3) is 0.583. The van der Waals surface area contributed by atoms with Gasteiger partial charge in [0.05, 0.1) is 5.56 Å². The second-order valence-electron chi connectivity index (χ2n) is 4.93. The maximum Gasteiger partial charge on any atom is 0.156 e. The zero-order chi connectivity index (χ0) is 13.8. The van der Waals surface area contributed by atoms with Crippen LogP contribution in [0.2, 0.25) is 5.15 Å². The molecule has 0 aliphatic carbocycles. The highest BCUT2D eigenvalue weighted by molar-refractivity contribution is 6.32. The minimum Gasteiger partial charge on any atom is -0.396 e. The summed E-state index contributed by atoms with van der Waals surface area (Å²) in [5.41, 5.74) is 0.169. The first kappa shape index (κ1) is 14.9. The third kappa shape index (κ3) is 3.92. The van der Waals surface area contributed by atoms with Gasteiger partial charge >= 0.3 is 0 Å². The molecule has 2 N–H and O–H groups in total. The summed E-state index contributed by atoms with van der Waals surface area (Å²) in [6.45, 7) is 6.46. The van der Waals surface area contributed by atoms with E-state index >= 15 is 0 Å². The van der Waals surface area contributed by atoms with Crippen LogP contribution < -0.4 is 5.32 Å². The van der Waals surface area contributed by atoms with Gasteiger partial charge in [0.1, 0.15) is 16.8 Å². The van der Waals surface area contributed by atoms with Crippen molar-refractivity contribution >= 4 is 23.7 Å². The quantitative estimate of drug-likeness (QED) is 0.612. The largest absolute Gasteiger partial charge is 0.396 e. The number of anilines is 1. The Morgan fingerprint density at radius 3 is 2.67 bits per heavy atom. The van der Waals surface area contributed by atoms with Crippen LogP contribution in [0.5, 0.6) is 0 Å². The van der Waals surface area contributed by atoms with Gasteiger partial charge in [0, 0.05) is 13.2 Å². The average Bonchev–Trinajstić information content (AvgIpc) is 2.26. The molecule has 5 nitrogen and oxygen atoms in total. The molecule has 0 atom stereocenters. The molecule has 1 aromatic heterocycles. The number of halogens is 1. The number of nitrogens with zero attached hydrogens (tertiary/aromatic N) is 2. The van der Waals surface area contributed by atoms with E-state index in [4.69, 9.17) is 16.7 Å². The zero-order valence-electron chi connectivity index (χ0n) is 10.8. The van der Waals surface area contributed by atoms with Crippen LogP contribution in [0.3, 0.4) is 0 Å². The van der Waals surface area contributed by atoms with Gasteiger partial charge in [-0.15, -0.1) is 0 Å². The second-order valence-corrected chi connectivity index (χ2v) is 5.29. The SMILES string of the molecule is Cc1nc(Cl)c(C=O)c(NCC(C)(C)CCO)n1. The number of nitrogens with one attached hydrogen (secondary N) is 1. The summed E-state index contributed by atoms with van der Waals surface area (Å²) in [4.78, 5) is 19.1. The summed E-state index contributed by atoms with van der Waals surface area (Å²) in [5, 5.41) is 12.2. The van der Waals surface area contributed by atoms with Gasteiger partial charge in [0.25, 0.3) is 0 Å². The molecule has 0 aliphatic rings. The molecule has 1 rings (SSSR count). The number of aromatic nitrogens is 2. The predicted octanol–water partition coefficient (Wildman–Crippen LogP) is 2.07. The van der Waals surface area contributed by atoms with Crippen molar-refractivity contribution in [3.8, 4) is 0 Å². The lowest BCUT2D eigenvalue weighted by atomic mass is 9.90. The minimum absolute atomic E-state index is 0.0970. The molecule has 6 heteroatoms. The monoisotopic (exact) mass is 271 g/mol. The van der Waals surface area contributed by atoms with Crippen molar-refractivity contribution < 1.29 is 9.90 Å². The summed E-state index contributed by atoms with van der Waals surface area (Å²) < 4.78 is 0. The Morgan fingerprint density at radius 2 is 2.11 bits per heavy atom. The molecule has 0 fully saturated rings. The van der Waals surface area contributed by atoms with Crippen LogP contribution in [0.1, 0.15) is 36.5 Å². The fourth-order valence-corrected chi connectivity index (χ4v) is 1.76. The molecule has 0 bridgehead atoms. The smallest absolute Gasteiger partial charge is 0.156 e. The number of rotatable bonds is 6. The molecule has 1 aromatic rings. The van der Waals surface area contributed by atoms with Crippen LogP contribution in [-0.2, 0) is 0 Å². The van der Waals surface area contributed by atoms with Crippen LogP contribution in [0.25, 0.3) is 0 Å². The molecule has 0 aliphatic heterocycles. The Bertz CT molecular complexity index is 436. The van der Waals surface area contributed by atoms with Gasteiger partial charge in [-0.2, -0.15) is 0 Å². The van der Waals surface area contributed by atoms with Gasteiger partial charge in [0.15, 0.2) is 6.29 Å². The summed E-state index contributed by atoms with van der Waals surface area (Å²) in [7, 11) is 0. The summed E-state index contributed by atoms with van der Waals surface area (Å²) in [6, 6.07) is 0. The van der Waals surface area contributed by atoms with Gasteiger partial charge in [-0.1, -0.05) is 25.4 Å². The molecule has 0 spiro atoms. The summed E-state index contributed by atoms with van der Waals surface area (Å²) in [5.74, 6) is 0.946. The fourth-order valence-electron chi connectivity index (χ4n) is 1.50. The molecule has 0 radical (unpaired) electrons. The molecule has 0 unspecified atom stereocenters. The molecular weight excluding hydrogens is 254 g/mol. The first-order chi connectivity index (χ1) is 8.39. The van der Waals surface area contributed by atoms with E-state index in [2.05, 4.69) is 15.3 Å². The lowest BCUT2D eigenvalue weighted by Gasteiger charge is -2.24. The zero-order valence-corrected chi connectivity index (χ0v) is 11.6. The topological polar surface area (TPSA) is 75.1 Å². The van der Waals surface area contributed by atoms with Gasteiger partial charge < -0.3 is 10.4 Å². The summed E-state index contributed by atoms with van der Waals surface area (Å²) >= 11 is 5.88. The van der Waals surface area contributed by atoms with Crippen molar-refractivity contribution in [3.05, 3.63) is 16.5 Å². The maximum absolute atomic E-state index is 11.0. The van der Waals surface area contributed by atoms with E-state index < -0.39 is 0 Å². The number of hydrogen-bond donors (Lipinski definition) is 2. The molecule has 0 saturated heterocycles. The van der Waals surface area contributed by atoms with E-state index in [0.717, 1.165) is 0 Å². The summed E-state index contributed by atoms with van der Waals surface area (Å²) in [6.07, 6.45) is 1.30. The van der Waals surface area contributed by atoms with Gasteiger partial charge in [-0.05, 0) is 18.8 Å². The second kappa shape index (κ2) is 6.11. The normalized spacial score (nSPS) is 11.4. The van der Waals surface area contributed by atoms with Crippen LogP contribution in [0.4, 0.5) is 5.82 Å². The molecule has 0 amide bonds. The maximum atomic E-state index is 11.0. The molecule has 1 heterocycles. The number of carbonyl (C=O) groups excluding carboxylic acids is 1. The highest BCUT2D eigenvalue weighted by atomic mass is 35.5. The van der Waals surface area contributed by atoms with Crippen molar-refractivity contribution in [2.45, 2.75) is 27.2 Å². The average molecular weight is 272 g/mol. The standard InChI is InChI=1S/C12H18ClN3O2/c1-8-15-10(13)9(6-18)11(16-8)14-7-12(2,3)4-5-17/h6,17H,4-5,7H2,1-3H3,(H,14,15,16). The third-order valence-corrected chi connectivity index (χ3v) is 2.94. The van der Waals surface area contributed by atoms with E-state index in [-0.39, 0.29) is 22.7 Å².